The number of ether oxygens (including phenoxy) is 1. The fourth-order valence-corrected chi connectivity index (χ4v) is 4.19. The van der Waals surface area contributed by atoms with Crippen molar-refractivity contribution >= 4 is 34.7 Å². The molecular formula is C19H17N3O4S2. The highest BCUT2D eigenvalue weighted by molar-refractivity contribution is 8.01. The monoisotopic (exact) mass is 415 g/mol. The average Bonchev–Trinajstić information content (AvgIpc) is 3.10. The first-order valence-electron chi connectivity index (χ1n) is 8.37. The number of rotatable bonds is 8. The number of amides is 1. The van der Waals surface area contributed by atoms with Crippen molar-refractivity contribution in [2.75, 3.05) is 13.2 Å². The summed E-state index contributed by atoms with van der Waals surface area (Å²) in [7, 11) is 0. The number of aromatic nitrogens is 1. The molecule has 3 rings (SSSR count). The van der Waals surface area contributed by atoms with Crippen LogP contribution in [-0.4, -0.2) is 29.0 Å². The smallest absolute Gasteiger partial charge is 0.284 e. The van der Waals surface area contributed by atoms with Gasteiger partial charge in [0.05, 0.1) is 16.4 Å². The van der Waals surface area contributed by atoms with Gasteiger partial charge in [-0.2, -0.15) is 0 Å². The Labute approximate surface area is 169 Å². The van der Waals surface area contributed by atoms with Crippen LogP contribution in [0.1, 0.15) is 16.1 Å². The zero-order valence-corrected chi connectivity index (χ0v) is 16.6. The Balaban J connectivity index is 1.62. The number of nitrogens with zero attached hydrogens (tertiary/aromatic N) is 2. The summed E-state index contributed by atoms with van der Waals surface area (Å²) in [6.45, 7) is 2.45. The van der Waals surface area contributed by atoms with E-state index in [9.17, 15) is 14.9 Å². The van der Waals surface area contributed by atoms with Gasteiger partial charge in [-0.15, -0.1) is 11.3 Å². The van der Waals surface area contributed by atoms with Crippen LogP contribution < -0.4 is 10.1 Å². The normalized spacial score (nSPS) is 10.5. The largest absolute Gasteiger partial charge is 0.492 e. The third-order valence-electron chi connectivity index (χ3n) is 3.61. The number of thiazole rings is 1. The fraction of sp³-hybridized carbons (Fsp3) is 0.158. The maximum absolute atomic E-state index is 12.3. The minimum absolute atomic E-state index is 0.119. The molecule has 144 valence electrons. The van der Waals surface area contributed by atoms with Crippen LogP contribution in [-0.2, 0) is 0 Å². The van der Waals surface area contributed by atoms with Crippen molar-refractivity contribution in [3.8, 4) is 5.75 Å². The van der Waals surface area contributed by atoms with E-state index in [1.807, 2.05) is 42.6 Å². The Kier molecular flexibility index (Phi) is 6.62. The summed E-state index contributed by atoms with van der Waals surface area (Å²) in [6.07, 6.45) is 0. The Morgan fingerprint density at radius 2 is 2.07 bits per heavy atom. The van der Waals surface area contributed by atoms with Gasteiger partial charge < -0.3 is 10.1 Å². The number of nitrogens with one attached hydrogen (secondary N) is 1. The second kappa shape index (κ2) is 9.34. The Hall–Kier alpha value is -2.91. The van der Waals surface area contributed by atoms with E-state index in [0.29, 0.717) is 17.3 Å². The van der Waals surface area contributed by atoms with Crippen molar-refractivity contribution in [1.82, 2.24) is 10.3 Å². The predicted molar refractivity (Wildman–Crippen MR) is 108 cm³/mol. The maximum Gasteiger partial charge on any atom is 0.284 e. The third kappa shape index (κ3) is 5.30. The number of hydrogen-bond donors (Lipinski definition) is 1. The van der Waals surface area contributed by atoms with Crippen molar-refractivity contribution in [3.05, 3.63) is 75.3 Å². The zero-order valence-electron chi connectivity index (χ0n) is 15.0. The summed E-state index contributed by atoms with van der Waals surface area (Å²) >= 11 is 2.64. The quantitative estimate of drug-likeness (QED) is 0.334. The van der Waals surface area contributed by atoms with Gasteiger partial charge in [0.15, 0.2) is 4.34 Å². The van der Waals surface area contributed by atoms with Crippen LogP contribution in [0.2, 0.25) is 0 Å². The van der Waals surface area contributed by atoms with Crippen LogP contribution in [0.4, 0.5) is 5.69 Å². The van der Waals surface area contributed by atoms with E-state index in [1.54, 1.807) is 12.1 Å². The highest BCUT2D eigenvalue weighted by Crippen LogP contribution is 2.36. The third-order valence-corrected chi connectivity index (χ3v) is 5.73. The minimum Gasteiger partial charge on any atom is -0.492 e. The summed E-state index contributed by atoms with van der Waals surface area (Å²) in [4.78, 5) is 28.0. The van der Waals surface area contributed by atoms with Crippen LogP contribution in [0, 0.1) is 17.0 Å². The zero-order chi connectivity index (χ0) is 19.9. The van der Waals surface area contributed by atoms with Gasteiger partial charge in [-0.3, -0.25) is 14.9 Å². The lowest BCUT2D eigenvalue weighted by atomic mass is 10.2. The van der Waals surface area contributed by atoms with Gasteiger partial charge >= 0.3 is 0 Å². The van der Waals surface area contributed by atoms with Gasteiger partial charge in [0.2, 0.25) is 0 Å². The van der Waals surface area contributed by atoms with Crippen molar-refractivity contribution in [3.63, 3.8) is 0 Å². The molecule has 0 radical (unpaired) electrons. The Morgan fingerprint density at radius 3 is 2.75 bits per heavy atom. The molecule has 0 aliphatic rings. The molecule has 0 saturated heterocycles. The lowest BCUT2D eigenvalue weighted by Crippen LogP contribution is -2.28. The van der Waals surface area contributed by atoms with E-state index in [2.05, 4.69) is 10.3 Å². The summed E-state index contributed by atoms with van der Waals surface area (Å²) in [5.41, 5.74) is 0.973. The summed E-state index contributed by atoms with van der Waals surface area (Å²) < 4.78 is 6.23. The molecule has 1 amide bonds. The molecule has 0 atom stereocenters. The molecule has 7 nitrogen and oxygen atoms in total. The lowest BCUT2D eigenvalue weighted by Gasteiger charge is -2.08. The number of carbonyl (C=O) groups excluding carboxylic acids is 1. The van der Waals surface area contributed by atoms with Crippen molar-refractivity contribution in [1.29, 1.82) is 0 Å². The van der Waals surface area contributed by atoms with Crippen molar-refractivity contribution < 1.29 is 14.5 Å². The second-order valence-corrected chi connectivity index (χ2v) is 7.86. The molecule has 0 aliphatic carbocycles. The molecule has 1 heterocycles. The van der Waals surface area contributed by atoms with E-state index in [-0.39, 0.29) is 23.7 Å². The molecule has 28 heavy (non-hydrogen) atoms. The molecule has 1 aromatic heterocycles. The van der Waals surface area contributed by atoms with Crippen LogP contribution in [0.25, 0.3) is 0 Å². The number of nitro groups is 1. The first-order chi connectivity index (χ1) is 13.5. The van der Waals surface area contributed by atoms with Crippen LogP contribution in [0.5, 0.6) is 5.75 Å². The topological polar surface area (TPSA) is 94.4 Å². The van der Waals surface area contributed by atoms with Gasteiger partial charge in [0, 0.05) is 22.7 Å². The number of hydrogen-bond acceptors (Lipinski definition) is 7. The summed E-state index contributed by atoms with van der Waals surface area (Å²) in [5, 5.41) is 16.0. The first-order valence-corrected chi connectivity index (χ1v) is 10.1. The van der Waals surface area contributed by atoms with Crippen LogP contribution in [0.3, 0.4) is 0 Å². The van der Waals surface area contributed by atoms with Gasteiger partial charge in [-0.1, -0.05) is 30.0 Å². The number of carbonyl (C=O) groups is 1. The van der Waals surface area contributed by atoms with Crippen LogP contribution >= 0.6 is 23.1 Å². The van der Waals surface area contributed by atoms with Gasteiger partial charge in [0.25, 0.3) is 11.6 Å². The highest BCUT2D eigenvalue weighted by Gasteiger charge is 2.19. The standard InChI is InChI=1S/C19H17N3O4S2/c1-13-12-27-19(21-13)28-17-8-7-14(11-16(17)22(24)25)18(23)20-9-10-26-15-5-3-2-4-6-15/h2-8,11-12H,9-10H2,1H3,(H,20,23). The molecule has 0 spiro atoms. The Morgan fingerprint density at radius 1 is 1.29 bits per heavy atom. The van der Waals surface area contributed by atoms with Crippen molar-refractivity contribution in [2.24, 2.45) is 0 Å². The molecule has 0 unspecified atom stereocenters. The molecule has 0 bridgehead atoms. The van der Waals surface area contributed by atoms with Crippen LogP contribution in [0.15, 0.2) is 63.1 Å². The molecule has 0 saturated carbocycles. The van der Waals surface area contributed by atoms with E-state index in [4.69, 9.17) is 4.74 Å². The second-order valence-electron chi connectivity index (χ2n) is 5.71. The molecule has 1 N–H and O–H groups in total. The molecule has 2 aromatic carbocycles. The number of aryl methyl sites for hydroxylation is 1. The molecule has 9 heteroatoms. The highest BCUT2D eigenvalue weighted by atomic mass is 32.2. The van der Waals surface area contributed by atoms with Gasteiger partial charge in [-0.25, -0.2) is 4.98 Å². The fourth-order valence-electron chi connectivity index (χ4n) is 2.31. The van der Waals surface area contributed by atoms with E-state index in [0.717, 1.165) is 10.0 Å². The molecular weight excluding hydrogens is 398 g/mol. The first kappa shape index (κ1) is 19.8. The average molecular weight is 415 g/mol. The number of para-hydroxylation sites is 1. The molecule has 0 aliphatic heterocycles. The lowest BCUT2D eigenvalue weighted by molar-refractivity contribution is -0.387. The Bertz CT molecular complexity index is 976. The van der Waals surface area contributed by atoms with E-state index in [1.165, 1.54) is 29.2 Å². The minimum atomic E-state index is -0.488. The van der Waals surface area contributed by atoms with Crippen molar-refractivity contribution in [2.45, 2.75) is 16.2 Å². The van der Waals surface area contributed by atoms with E-state index >= 15 is 0 Å². The SMILES string of the molecule is Cc1csc(Sc2ccc(C(=O)NCCOc3ccccc3)cc2[N+](=O)[O-])n1. The predicted octanol–water partition coefficient (Wildman–Crippen LogP) is 4.32. The molecule has 3 aromatic rings. The maximum atomic E-state index is 12.3. The number of benzene rings is 2. The van der Waals surface area contributed by atoms with E-state index < -0.39 is 4.92 Å². The molecule has 0 fully saturated rings. The van der Waals surface area contributed by atoms with Gasteiger partial charge in [-0.05, 0) is 31.2 Å². The number of nitro benzene ring substituents is 1. The van der Waals surface area contributed by atoms with Gasteiger partial charge in [0.1, 0.15) is 12.4 Å². The summed E-state index contributed by atoms with van der Waals surface area (Å²) in [5.74, 6) is 0.326. The summed E-state index contributed by atoms with van der Waals surface area (Å²) in [6, 6.07) is 13.7.